The Morgan fingerprint density at radius 2 is 1.88 bits per heavy atom. The van der Waals surface area contributed by atoms with Crippen LogP contribution in [-0.4, -0.2) is 56.0 Å². The van der Waals surface area contributed by atoms with Crippen molar-refractivity contribution < 1.29 is 4.79 Å². The molecule has 2 saturated heterocycles. The van der Waals surface area contributed by atoms with Gasteiger partial charge in [-0.2, -0.15) is 0 Å². The molecule has 2 aliphatic rings. The highest BCUT2D eigenvalue weighted by Crippen LogP contribution is 2.21. The van der Waals surface area contributed by atoms with E-state index in [-0.39, 0.29) is 29.9 Å². The molecule has 1 amide bonds. The van der Waals surface area contributed by atoms with E-state index in [4.69, 9.17) is 4.99 Å². The molecule has 4 rings (SSSR count). The smallest absolute Gasteiger partial charge is 0.239 e. The largest absolute Gasteiger partial charge is 0.360 e. The second-order valence-electron chi connectivity index (χ2n) is 8.40. The van der Waals surface area contributed by atoms with Crippen LogP contribution in [0.25, 0.3) is 0 Å². The summed E-state index contributed by atoms with van der Waals surface area (Å²) in [6, 6.07) is 19.2. The molecule has 32 heavy (non-hydrogen) atoms. The topological polar surface area (TPSA) is 60.0 Å². The minimum absolute atomic E-state index is 0. The zero-order chi connectivity index (χ0) is 21.5. The van der Waals surface area contributed by atoms with Crippen LogP contribution in [0.4, 0.5) is 5.69 Å². The maximum atomic E-state index is 11.6. The molecule has 2 heterocycles. The molecular weight excluding hydrogens is 513 g/mol. The van der Waals surface area contributed by atoms with E-state index in [1.165, 1.54) is 17.5 Å². The van der Waals surface area contributed by atoms with Gasteiger partial charge in [0.05, 0.1) is 13.1 Å². The van der Waals surface area contributed by atoms with Gasteiger partial charge < -0.3 is 20.4 Å². The third-order valence-electron chi connectivity index (χ3n) is 6.04. The molecule has 0 radical (unpaired) electrons. The monoisotopic (exact) mass is 547 g/mol. The number of anilines is 1. The summed E-state index contributed by atoms with van der Waals surface area (Å²) in [6.45, 7) is 7.75. The van der Waals surface area contributed by atoms with Crippen LogP contribution in [-0.2, 0) is 17.8 Å². The number of carbonyl (C=O) groups excluding carboxylic acids is 1. The average molecular weight is 547 g/mol. The van der Waals surface area contributed by atoms with Crippen molar-refractivity contribution in [1.29, 1.82) is 0 Å². The molecule has 6 nitrogen and oxygen atoms in total. The number of halogens is 1. The first kappa shape index (κ1) is 24.4. The quantitative estimate of drug-likeness (QED) is 0.331. The lowest BCUT2D eigenvalue weighted by atomic mass is 9.99. The highest BCUT2D eigenvalue weighted by Gasteiger charge is 2.25. The Kier molecular flexibility index (Phi) is 9.20. The molecule has 1 atom stereocenters. The maximum Gasteiger partial charge on any atom is 0.239 e. The first-order chi connectivity index (χ1) is 15.2. The lowest BCUT2D eigenvalue weighted by Gasteiger charge is -2.28. The van der Waals surface area contributed by atoms with Gasteiger partial charge in [0.25, 0.3) is 0 Å². The highest BCUT2D eigenvalue weighted by molar-refractivity contribution is 14.0. The summed E-state index contributed by atoms with van der Waals surface area (Å²) in [5, 5.41) is 6.34. The predicted molar refractivity (Wildman–Crippen MR) is 142 cm³/mol. The number of nitrogens with one attached hydrogen (secondary N) is 2. The number of benzene rings is 2. The number of amides is 1. The summed E-state index contributed by atoms with van der Waals surface area (Å²) in [5.74, 6) is 1.77. The van der Waals surface area contributed by atoms with Gasteiger partial charge in [0.1, 0.15) is 0 Å². The van der Waals surface area contributed by atoms with Crippen molar-refractivity contribution in [1.82, 2.24) is 15.5 Å². The van der Waals surface area contributed by atoms with Crippen molar-refractivity contribution in [3.05, 3.63) is 65.7 Å². The standard InChI is InChI=1S/C25H33N5O.HI/c1-2-26-25(30-14-12-22(18-30)16-20-6-4-3-5-7-20)28-17-21-8-10-23(11-9-21)29-15-13-27-24(31)19-29;/h3-11,22H,2,12-19H2,1H3,(H,26,28)(H,27,31);1H. The van der Waals surface area contributed by atoms with Gasteiger partial charge in [0.2, 0.25) is 5.91 Å². The Morgan fingerprint density at radius 3 is 2.59 bits per heavy atom. The zero-order valence-electron chi connectivity index (χ0n) is 18.8. The van der Waals surface area contributed by atoms with Crippen LogP contribution in [0.5, 0.6) is 0 Å². The van der Waals surface area contributed by atoms with Gasteiger partial charge in [-0.3, -0.25) is 4.79 Å². The van der Waals surface area contributed by atoms with Crippen molar-refractivity contribution in [2.75, 3.05) is 44.2 Å². The summed E-state index contributed by atoms with van der Waals surface area (Å²) in [5.41, 5.74) is 3.70. The van der Waals surface area contributed by atoms with Crippen LogP contribution in [0.2, 0.25) is 0 Å². The first-order valence-electron chi connectivity index (χ1n) is 11.4. The molecule has 7 heteroatoms. The molecule has 172 valence electrons. The van der Waals surface area contributed by atoms with Crippen molar-refractivity contribution in [2.45, 2.75) is 26.3 Å². The summed E-state index contributed by atoms with van der Waals surface area (Å²) in [6.07, 6.45) is 2.34. The number of hydrogen-bond acceptors (Lipinski definition) is 3. The third-order valence-corrected chi connectivity index (χ3v) is 6.04. The van der Waals surface area contributed by atoms with Crippen LogP contribution in [0.1, 0.15) is 24.5 Å². The van der Waals surface area contributed by atoms with Crippen molar-refractivity contribution >= 4 is 41.5 Å². The lowest BCUT2D eigenvalue weighted by molar-refractivity contribution is -0.120. The molecule has 1 unspecified atom stereocenters. The van der Waals surface area contributed by atoms with Crippen LogP contribution in [0.15, 0.2) is 59.6 Å². The van der Waals surface area contributed by atoms with E-state index in [2.05, 4.69) is 82.0 Å². The average Bonchev–Trinajstić information content (AvgIpc) is 3.26. The Balaban J connectivity index is 0.00000289. The van der Waals surface area contributed by atoms with Gasteiger partial charge in [-0.25, -0.2) is 4.99 Å². The van der Waals surface area contributed by atoms with Crippen molar-refractivity contribution in [3.63, 3.8) is 0 Å². The van der Waals surface area contributed by atoms with Gasteiger partial charge >= 0.3 is 0 Å². The summed E-state index contributed by atoms with van der Waals surface area (Å²) in [7, 11) is 0. The number of guanidine groups is 1. The normalized spacial score (nSPS) is 18.8. The van der Waals surface area contributed by atoms with Crippen LogP contribution in [0, 0.1) is 5.92 Å². The molecule has 2 aliphatic heterocycles. The van der Waals surface area contributed by atoms with Crippen LogP contribution >= 0.6 is 24.0 Å². The molecule has 0 spiro atoms. The minimum atomic E-state index is 0. The Morgan fingerprint density at radius 1 is 1.09 bits per heavy atom. The molecular formula is C25H34IN5O. The van der Waals surface area contributed by atoms with E-state index in [0.29, 0.717) is 25.6 Å². The zero-order valence-corrected chi connectivity index (χ0v) is 21.1. The van der Waals surface area contributed by atoms with E-state index in [1.807, 2.05) is 0 Å². The van der Waals surface area contributed by atoms with Crippen LogP contribution < -0.4 is 15.5 Å². The first-order valence-corrected chi connectivity index (χ1v) is 11.4. The van der Waals surface area contributed by atoms with E-state index < -0.39 is 0 Å². The molecule has 0 aliphatic carbocycles. The second kappa shape index (κ2) is 12.1. The van der Waals surface area contributed by atoms with E-state index in [1.54, 1.807) is 0 Å². The number of hydrogen-bond donors (Lipinski definition) is 2. The summed E-state index contributed by atoms with van der Waals surface area (Å²) in [4.78, 5) is 21.1. The molecule has 0 bridgehead atoms. The molecule has 2 aromatic rings. The van der Waals surface area contributed by atoms with E-state index in [9.17, 15) is 4.79 Å². The fraction of sp³-hybridized carbons (Fsp3) is 0.440. The second-order valence-corrected chi connectivity index (χ2v) is 8.40. The number of piperazine rings is 1. The number of aliphatic imine (C=N–C) groups is 1. The minimum Gasteiger partial charge on any atom is -0.360 e. The highest BCUT2D eigenvalue weighted by atomic mass is 127. The van der Waals surface area contributed by atoms with E-state index >= 15 is 0 Å². The van der Waals surface area contributed by atoms with Gasteiger partial charge in [0, 0.05) is 38.4 Å². The van der Waals surface area contributed by atoms with Crippen molar-refractivity contribution in [3.8, 4) is 0 Å². The van der Waals surface area contributed by atoms with Crippen molar-refractivity contribution in [2.24, 2.45) is 10.9 Å². The SMILES string of the molecule is CCNC(=NCc1ccc(N2CCNC(=O)C2)cc1)N1CCC(Cc2ccccc2)C1.I. The molecule has 2 N–H and O–H groups in total. The Bertz CT molecular complexity index is 887. The Hall–Kier alpha value is -2.29. The maximum absolute atomic E-state index is 11.6. The number of nitrogens with zero attached hydrogens (tertiary/aromatic N) is 3. The van der Waals surface area contributed by atoms with Gasteiger partial charge in [-0.15, -0.1) is 24.0 Å². The van der Waals surface area contributed by atoms with Gasteiger partial charge in [0.15, 0.2) is 5.96 Å². The predicted octanol–water partition coefficient (Wildman–Crippen LogP) is 3.27. The Labute approximate surface area is 208 Å². The lowest BCUT2D eigenvalue weighted by Crippen LogP contribution is -2.47. The van der Waals surface area contributed by atoms with Gasteiger partial charge in [-0.1, -0.05) is 42.5 Å². The molecule has 2 aromatic carbocycles. The van der Waals surface area contributed by atoms with Crippen LogP contribution in [0.3, 0.4) is 0 Å². The summed E-state index contributed by atoms with van der Waals surface area (Å²) < 4.78 is 0. The molecule has 0 aromatic heterocycles. The van der Waals surface area contributed by atoms with E-state index in [0.717, 1.165) is 44.2 Å². The molecule has 2 fully saturated rings. The number of rotatable bonds is 6. The number of likely N-dealkylation sites (tertiary alicyclic amines) is 1. The molecule has 0 saturated carbocycles. The number of carbonyl (C=O) groups is 1. The summed E-state index contributed by atoms with van der Waals surface area (Å²) >= 11 is 0. The fourth-order valence-electron chi connectivity index (χ4n) is 4.40. The fourth-order valence-corrected chi connectivity index (χ4v) is 4.40. The third kappa shape index (κ3) is 6.60. The van der Waals surface area contributed by atoms with Gasteiger partial charge in [-0.05, 0) is 48.9 Å².